The summed E-state index contributed by atoms with van der Waals surface area (Å²) in [5.41, 5.74) is 5.76. The zero-order valence-electron chi connectivity index (χ0n) is 17.7. The normalized spacial score (nSPS) is 16.0. The molecular formula is C26H27N3O. The van der Waals surface area contributed by atoms with Crippen molar-refractivity contribution in [2.45, 2.75) is 12.5 Å². The minimum absolute atomic E-state index is 0.180. The molecular weight excluding hydrogens is 370 g/mol. The maximum Gasteiger partial charge on any atom is 0.118 e. The Morgan fingerprint density at radius 3 is 2.23 bits per heavy atom. The van der Waals surface area contributed by atoms with Crippen molar-refractivity contribution in [3.8, 4) is 5.75 Å². The molecule has 1 aliphatic heterocycles. The molecule has 3 aromatic carbocycles. The lowest BCUT2D eigenvalue weighted by Gasteiger charge is -2.24. The Labute approximate surface area is 178 Å². The van der Waals surface area contributed by atoms with Crippen LogP contribution in [0.2, 0.25) is 0 Å². The van der Waals surface area contributed by atoms with E-state index in [1.54, 1.807) is 7.11 Å². The summed E-state index contributed by atoms with van der Waals surface area (Å²) in [5.74, 6) is 0.863. The van der Waals surface area contributed by atoms with Gasteiger partial charge in [-0.05, 0) is 53.6 Å². The van der Waals surface area contributed by atoms with E-state index < -0.39 is 0 Å². The van der Waals surface area contributed by atoms with Crippen molar-refractivity contribution in [3.63, 3.8) is 0 Å². The third kappa shape index (κ3) is 4.38. The topological polar surface area (TPSA) is 28.1 Å². The first-order valence-electron chi connectivity index (χ1n) is 10.2. The van der Waals surface area contributed by atoms with E-state index in [2.05, 4.69) is 96.8 Å². The molecule has 0 radical (unpaired) electrons. The van der Waals surface area contributed by atoms with Crippen molar-refractivity contribution in [1.29, 1.82) is 0 Å². The number of hydrazone groups is 1. The van der Waals surface area contributed by atoms with Gasteiger partial charge in [-0.3, -0.25) is 5.01 Å². The molecule has 30 heavy (non-hydrogen) atoms. The number of para-hydroxylation sites is 1. The number of benzene rings is 3. The van der Waals surface area contributed by atoms with Crippen LogP contribution in [0, 0.1) is 0 Å². The first-order valence-corrected chi connectivity index (χ1v) is 10.2. The third-order valence-electron chi connectivity index (χ3n) is 5.33. The quantitative estimate of drug-likeness (QED) is 0.528. The Morgan fingerprint density at radius 1 is 0.900 bits per heavy atom. The van der Waals surface area contributed by atoms with Crippen molar-refractivity contribution >= 4 is 23.2 Å². The highest BCUT2D eigenvalue weighted by Gasteiger charge is 2.28. The zero-order valence-corrected chi connectivity index (χ0v) is 17.7. The molecule has 3 aromatic rings. The van der Waals surface area contributed by atoms with Gasteiger partial charge in [-0.25, -0.2) is 0 Å². The van der Waals surface area contributed by atoms with E-state index in [-0.39, 0.29) is 6.04 Å². The molecule has 4 rings (SSSR count). The molecule has 1 heterocycles. The zero-order chi connectivity index (χ0) is 20.9. The molecule has 4 heteroatoms. The van der Waals surface area contributed by atoms with Gasteiger partial charge < -0.3 is 9.64 Å². The third-order valence-corrected chi connectivity index (χ3v) is 5.33. The Kier molecular flexibility index (Phi) is 5.84. The van der Waals surface area contributed by atoms with Gasteiger partial charge in [0.05, 0.1) is 24.6 Å². The van der Waals surface area contributed by atoms with Gasteiger partial charge in [-0.1, -0.05) is 48.5 Å². The molecule has 0 spiro atoms. The second-order valence-corrected chi connectivity index (χ2v) is 7.58. The van der Waals surface area contributed by atoms with Crippen LogP contribution in [0.25, 0.3) is 6.08 Å². The predicted octanol–water partition coefficient (Wildman–Crippen LogP) is 5.78. The summed E-state index contributed by atoms with van der Waals surface area (Å²) in [5, 5.41) is 7.09. The Hall–Kier alpha value is -3.53. The molecule has 0 aromatic heterocycles. The number of hydrogen-bond donors (Lipinski definition) is 0. The molecule has 0 saturated carbocycles. The van der Waals surface area contributed by atoms with Gasteiger partial charge in [0.15, 0.2) is 0 Å². The molecule has 0 amide bonds. The highest BCUT2D eigenvalue weighted by atomic mass is 16.5. The van der Waals surface area contributed by atoms with E-state index in [0.29, 0.717) is 0 Å². The monoisotopic (exact) mass is 397 g/mol. The molecule has 0 aliphatic carbocycles. The lowest BCUT2D eigenvalue weighted by atomic mass is 10.0. The second-order valence-electron chi connectivity index (χ2n) is 7.58. The van der Waals surface area contributed by atoms with Gasteiger partial charge in [0.1, 0.15) is 5.75 Å². The number of methoxy groups -OCH3 is 1. The number of ether oxygens (including phenoxy) is 1. The maximum absolute atomic E-state index is 5.24. The first kappa shape index (κ1) is 19.8. The van der Waals surface area contributed by atoms with Crippen LogP contribution in [-0.2, 0) is 0 Å². The average molecular weight is 398 g/mol. The van der Waals surface area contributed by atoms with Crippen LogP contribution >= 0.6 is 0 Å². The smallest absolute Gasteiger partial charge is 0.118 e. The van der Waals surface area contributed by atoms with E-state index in [1.807, 2.05) is 18.2 Å². The molecule has 152 valence electrons. The van der Waals surface area contributed by atoms with E-state index in [1.165, 1.54) is 11.3 Å². The molecule has 4 nitrogen and oxygen atoms in total. The highest BCUT2D eigenvalue weighted by Crippen LogP contribution is 2.36. The lowest BCUT2D eigenvalue weighted by Crippen LogP contribution is -2.18. The van der Waals surface area contributed by atoms with E-state index in [4.69, 9.17) is 9.84 Å². The van der Waals surface area contributed by atoms with Gasteiger partial charge in [0, 0.05) is 26.2 Å². The van der Waals surface area contributed by atoms with Gasteiger partial charge in [0.2, 0.25) is 0 Å². The number of anilines is 2. The van der Waals surface area contributed by atoms with Crippen LogP contribution in [0.4, 0.5) is 11.4 Å². The van der Waals surface area contributed by atoms with Gasteiger partial charge in [0.25, 0.3) is 0 Å². The van der Waals surface area contributed by atoms with Crippen molar-refractivity contribution in [2.24, 2.45) is 5.10 Å². The van der Waals surface area contributed by atoms with Crippen LogP contribution in [0.3, 0.4) is 0 Å². The minimum atomic E-state index is 0.180. The number of hydrogen-bond acceptors (Lipinski definition) is 4. The predicted molar refractivity (Wildman–Crippen MR) is 127 cm³/mol. The molecule has 1 unspecified atom stereocenters. The molecule has 0 saturated heterocycles. The summed E-state index contributed by atoms with van der Waals surface area (Å²) in [6.45, 7) is 0. The van der Waals surface area contributed by atoms with Crippen LogP contribution in [0.1, 0.15) is 23.6 Å². The Balaban J connectivity index is 1.60. The Morgan fingerprint density at radius 2 is 1.60 bits per heavy atom. The summed E-state index contributed by atoms with van der Waals surface area (Å²) in [4.78, 5) is 2.12. The van der Waals surface area contributed by atoms with E-state index in [9.17, 15) is 0 Å². The standard InChI is InChI=1S/C26H27N3O/c1-28(2)23-15-12-21(13-16-23)26-19-22(27-29(26)24-7-5-4-6-8-24)14-9-20-10-17-25(30-3)18-11-20/h4-18,26H,19H2,1-3H3. The Bertz CT molecular complexity index is 1020. The second kappa shape index (κ2) is 8.87. The van der Waals surface area contributed by atoms with Crippen molar-refractivity contribution < 1.29 is 4.74 Å². The molecule has 1 aliphatic rings. The molecule has 0 N–H and O–H groups in total. The summed E-state index contributed by atoms with van der Waals surface area (Å²) in [6, 6.07) is 27.4. The van der Waals surface area contributed by atoms with Crippen molar-refractivity contribution in [3.05, 3.63) is 96.1 Å². The fourth-order valence-electron chi connectivity index (χ4n) is 3.61. The molecule has 1 atom stereocenters. The number of allylic oxidation sites excluding steroid dienone is 1. The van der Waals surface area contributed by atoms with Crippen LogP contribution in [0.5, 0.6) is 5.75 Å². The van der Waals surface area contributed by atoms with E-state index in [0.717, 1.165) is 29.1 Å². The maximum atomic E-state index is 5.24. The van der Waals surface area contributed by atoms with Crippen LogP contribution in [0.15, 0.2) is 90.0 Å². The van der Waals surface area contributed by atoms with Crippen LogP contribution in [-0.4, -0.2) is 26.9 Å². The largest absolute Gasteiger partial charge is 0.497 e. The molecule has 0 bridgehead atoms. The summed E-state index contributed by atoms with van der Waals surface area (Å²) >= 11 is 0. The first-order chi connectivity index (χ1) is 14.6. The highest BCUT2D eigenvalue weighted by molar-refractivity contribution is 6.01. The lowest BCUT2D eigenvalue weighted by molar-refractivity contribution is 0.415. The van der Waals surface area contributed by atoms with E-state index >= 15 is 0 Å². The fourth-order valence-corrected chi connectivity index (χ4v) is 3.61. The van der Waals surface area contributed by atoms with Gasteiger partial charge in [-0.15, -0.1) is 0 Å². The fraction of sp³-hybridized carbons (Fsp3) is 0.192. The molecule has 0 fully saturated rings. The SMILES string of the molecule is COc1ccc(C=CC2=NN(c3ccccc3)C(c3ccc(N(C)C)cc3)C2)cc1. The summed E-state index contributed by atoms with van der Waals surface area (Å²) < 4.78 is 5.24. The summed E-state index contributed by atoms with van der Waals surface area (Å²) in [6.07, 6.45) is 5.09. The average Bonchev–Trinajstić information content (AvgIpc) is 3.23. The van der Waals surface area contributed by atoms with Gasteiger partial charge >= 0.3 is 0 Å². The van der Waals surface area contributed by atoms with Crippen molar-refractivity contribution in [1.82, 2.24) is 0 Å². The number of nitrogens with zero attached hydrogens (tertiary/aromatic N) is 3. The van der Waals surface area contributed by atoms with Crippen molar-refractivity contribution in [2.75, 3.05) is 31.1 Å². The number of rotatable bonds is 6. The van der Waals surface area contributed by atoms with Gasteiger partial charge in [-0.2, -0.15) is 5.10 Å². The minimum Gasteiger partial charge on any atom is -0.497 e. The summed E-state index contributed by atoms with van der Waals surface area (Å²) in [7, 11) is 5.81. The van der Waals surface area contributed by atoms with Crippen LogP contribution < -0.4 is 14.6 Å².